The van der Waals surface area contributed by atoms with E-state index in [9.17, 15) is 0 Å². The van der Waals surface area contributed by atoms with Gasteiger partial charge in [0, 0.05) is 32.3 Å². The molecular weight excluding hydrogens is 212 g/mol. The predicted molar refractivity (Wildman–Crippen MR) is 63.6 cm³/mol. The van der Waals surface area contributed by atoms with Crippen LogP contribution in [0.4, 0.5) is 0 Å². The smallest absolute Gasteiger partial charge is 0.0471 e. The van der Waals surface area contributed by atoms with Crippen LogP contribution in [0.25, 0.3) is 0 Å². The van der Waals surface area contributed by atoms with E-state index in [0.29, 0.717) is 0 Å². The molecule has 0 unspecified atom stereocenters. The maximum absolute atomic E-state index is 6.07. The van der Waals surface area contributed by atoms with Crippen molar-refractivity contribution in [1.82, 2.24) is 0 Å². The van der Waals surface area contributed by atoms with Crippen LogP contribution >= 0.6 is 11.6 Å². The standard InChI is InChI=1S/C12H23ClO2/c1-2-3-7-14-8-4-12(11-13)5-9-15-10-6-12/h2-11H2,1H3. The SMILES string of the molecule is CCCCOCCC1(CCl)CCOCC1. The van der Waals surface area contributed by atoms with E-state index in [1.165, 1.54) is 6.42 Å². The lowest BCUT2D eigenvalue weighted by Gasteiger charge is -2.35. The third-order valence-corrected chi connectivity index (χ3v) is 3.82. The van der Waals surface area contributed by atoms with Gasteiger partial charge in [0.05, 0.1) is 0 Å². The lowest BCUT2D eigenvalue weighted by molar-refractivity contribution is 0.00427. The number of alkyl halides is 1. The van der Waals surface area contributed by atoms with Crippen LogP contribution in [0.15, 0.2) is 0 Å². The predicted octanol–water partition coefficient (Wildman–Crippen LogP) is 3.23. The van der Waals surface area contributed by atoms with Gasteiger partial charge in [-0.25, -0.2) is 0 Å². The molecule has 1 rings (SSSR count). The van der Waals surface area contributed by atoms with E-state index < -0.39 is 0 Å². The van der Waals surface area contributed by atoms with Crippen LogP contribution < -0.4 is 0 Å². The molecule has 2 nitrogen and oxygen atoms in total. The van der Waals surface area contributed by atoms with Crippen molar-refractivity contribution in [2.24, 2.45) is 5.41 Å². The quantitative estimate of drug-likeness (QED) is 0.498. The van der Waals surface area contributed by atoms with Crippen LogP contribution in [-0.2, 0) is 9.47 Å². The summed E-state index contributed by atoms with van der Waals surface area (Å²) in [6.07, 6.45) is 5.64. The number of hydrogen-bond acceptors (Lipinski definition) is 2. The molecule has 0 saturated carbocycles. The number of rotatable bonds is 7. The second-order valence-corrected chi connectivity index (χ2v) is 4.73. The first-order valence-electron chi connectivity index (χ1n) is 6.04. The minimum absolute atomic E-state index is 0.284. The summed E-state index contributed by atoms with van der Waals surface area (Å²) in [5.41, 5.74) is 0.284. The van der Waals surface area contributed by atoms with E-state index >= 15 is 0 Å². The van der Waals surface area contributed by atoms with E-state index in [1.54, 1.807) is 0 Å². The monoisotopic (exact) mass is 234 g/mol. The van der Waals surface area contributed by atoms with E-state index in [4.69, 9.17) is 21.1 Å². The molecule has 0 radical (unpaired) electrons. The molecule has 0 aromatic heterocycles. The van der Waals surface area contributed by atoms with Gasteiger partial charge in [-0.3, -0.25) is 0 Å². The summed E-state index contributed by atoms with van der Waals surface area (Å²) in [6.45, 7) is 5.66. The summed E-state index contributed by atoms with van der Waals surface area (Å²) >= 11 is 6.07. The summed E-state index contributed by atoms with van der Waals surface area (Å²) in [7, 11) is 0. The molecule has 1 saturated heterocycles. The largest absolute Gasteiger partial charge is 0.381 e. The van der Waals surface area contributed by atoms with Gasteiger partial charge in [-0.1, -0.05) is 13.3 Å². The fourth-order valence-electron chi connectivity index (χ4n) is 1.89. The molecule has 0 atom stereocenters. The van der Waals surface area contributed by atoms with Crippen molar-refractivity contribution in [2.75, 3.05) is 32.3 Å². The topological polar surface area (TPSA) is 18.5 Å². The second-order valence-electron chi connectivity index (χ2n) is 4.46. The van der Waals surface area contributed by atoms with Gasteiger partial charge >= 0.3 is 0 Å². The van der Waals surface area contributed by atoms with Gasteiger partial charge in [-0.05, 0) is 31.1 Å². The zero-order valence-corrected chi connectivity index (χ0v) is 10.5. The van der Waals surface area contributed by atoms with E-state index in [0.717, 1.165) is 58.0 Å². The molecule has 90 valence electrons. The van der Waals surface area contributed by atoms with Crippen molar-refractivity contribution in [3.63, 3.8) is 0 Å². The van der Waals surface area contributed by atoms with Gasteiger partial charge in [0.15, 0.2) is 0 Å². The Morgan fingerprint density at radius 3 is 2.60 bits per heavy atom. The van der Waals surface area contributed by atoms with Crippen molar-refractivity contribution in [3.05, 3.63) is 0 Å². The fraction of sp³-hybridized carbons (Fsp3) is 1.00. The summed E-state index contributed by atoms with van der Waals surface area (Å²) in [5, 5.41) is 0. The van der Waals surface area contributed by atoms with E-state index in [2.05, 4.69) is 6.92 Å². The Kier molecular flexibility index (Phi) is 6.62. The van der Waals surface area contributed by atoms with E-state index in [-0.39, 0.29) is 5.41 Å². The minimum Gasteiger partial charge on any atom is -0.381 e. The first kappa shape index (κ1) is 13.3. The van der Waals surface area contributed by atoms with Crippen LogP contribution in [0.1, 0.15) is 39.0 Å². The van der Waals surface area contributed by atoms with Gasteiger partial charge < -0.3 is 9.47 Å². The zero-order chi connectivity index (χ0) is 11.0. The fourth-order valence-corrected chi connectivity index (χ4v) is 2.29. The molecule has 0 amide bonds. The highest BCUT2D eigenvalue weighted by molar-refractivity contribution is 6.18. The average Bonchev–Trinajstić information content (AvgIpc) is 2.30. The molecule has 0 aromatic carbocycles. The van der Waals surface area contributed by atoms with Gasteiger partial charge in [0.2, 0.25) is 0 Å². The second kappa shape index (κ2) is 7.48. The number of hydrogen-bond donors (Lipinski definition) is 0. The molecule has 0 aromatic rings. The summed E-state index contributed by atoms with van der Waals surface area (Å²) in [4.78, 5) is 0. The van der Waals surface area contributed by atoms with Crippen LogP contribution in [-0.4, -0.2) is 32.3 Å². The Hall–Kier alpha value is 0.210. The molecular formula is C12H23ClO2. The Balaban J connectivity index is 2.15. The molecule has 0 N–H and O–H groups in total. The zero-order valence-electron chi connectivity index (χ0n) is 9.77. The molecule has 3 heteroatoms. The summed E-state index contributed by atoms with van der Waals surface area (Å²) in [6, 6.07) is 0. The Morgan fingerprint density at radius 2 is 2.00 bits per heavy atom. The van der Waals surface area contributed by atoms with Crippen molar-refractivity contribution in [1.29, 1.82) is 0 Å². The van der Waals surface area contributed by atoms with Crippen molar-refractivity contribution < 1.29 is 9.47 Å². The third-order valence-electron chi connectivity index (χ3n) is 3.26. The maximum Gasteiger partial charge on any atom is 0.0471 e. The van der Waals surface area contributed by atoms with Crippen molar-refractivity contribution in [3.8, 4) is 0 Å². The summed E-state index contributed by atoms with van der Waals surface area (Å²) < 4.78 is 11.0. The Morgan fingerprint density at radius 1 is 1.27 bits per heavy atom. The number of ether oxygens (including phenoxy) is 2. The highest BCUT2D eigenvalue weighted by Crippen LogP contribution is 2.35. The van der Waals surface area contributed by atoms with Crippen molar-refractivity contribution in [2.45, 2.75) is 39.0 Å². The van der Waals surface area contributed by atoms with Gasteiger partial charge in [-0.15, -0.1) is 11.6 Å². The van der Waals surface area contributed by atoms with Crippen LogP contribution in [0.3, 0.4) is 0 Å². The molecule has 1 heterocycles. The first-order chi connectivity index (χ1) is 7.33. The Labute approximate surface area is 98.3 Å². The molecule has 1 aliphatic heterocycles. The van der Waals surface area contributed by atoms with Gasteiger partial charge in [-0.2, -0.15) is 0 Å². The van der Waals surface area contributed by atoms with Crippen LogP contribution in [0, 0.1) is 5.41 Å². The summed E-state index contributed by atoms with van der Waals surface area (Å²) in [5.74, 6) is 0.744. The maximum atomic E-state index is 6.07. The van der Waals surface area contributed by atoms with E-state index in [1.807, 2.05) is 0 Å². The third kappa shape index (κ3) is 4.71. The molecule has 0 bridgehead atoms. The lowest BCUT2D eigenvalue weighted by Crippen LogP contribution is -2.32. The highest BCUT2D eigenvalue weighted by atomic mass is 35.5. The molecule has 15 heavy (non-hydrogen) atoms. The van der Waals surface area contributed by atoms with Gasteiger partial charge in [0.25, 0.3) is 0 Å². The number of halogens is 1. The minimum atomic E-state index is 0.284. The molecule has 0 aliphatic carbocycles. The molecule has 0 spiro atoms. The van der Waals surface area contributed by atoms with Gasteiger partial charge in [0.1, 0.15) is 0 Å². The molecule has 1 aliphatic rings. The normalized spacial score (nSPS) is 20.4. The lowest BCUT2D eigenvalue weighted by atomic mass is 9.79. The van der Waals surface area contributed by atoms with Crippen molar-refractivity contribution >= 4 is 11.6 Å². The highest BCUT2D eigenvalue weighted by Gasteiger charge is 2.31. The molecule has 1 fully saturated rings. The Bertz CT molecular complexity index is 156. The first-order valence-corrected chi connectivity index (χ1v) is 6.58. The van der Waals surface area contributed by atoms with Crippen LogP contribution in [0.2, 0.25) is 0 Å². The number of unbranched alkanes of at least 4 members (excludes halogenated alkanes) is 1. The average molecular weight is 235 g/mol. The van der Waals surface area contributed by atoms with Crippen LogP contribution in [0.5, 0.6) is 0 Å².